The number of carbonyl (C=O) groups excluding carboxylic acids is 3. The maximum atomic E-state index is 13.2. The number of methoxy groups -OCH3 is 1. The van der Waals surface area contributed by atoms with Gasteiger partial charge in [0.2, 0.25) is 5.91 Å². The standard InChI is InChI=1S/C36H36N2O6/c1-42-36(41)33(37-32-12-6-5-11-31(32)35(40)28-8-3-2-4-9-28)24-26-15-17-30(18-16-26)44-23-21-38(25-27-13-14-27)34(39)20-19-29-10-7-22-43-29/h2-12,15-20,22,27,33,37H,13-14,21,23-25H2,1H3. The van der Waals surface area contributed by atoms with Crippen LogP contribution in [0.15, 0.2) is 108 Å². The summed E-state index contributed by atoms with van der Waals surface area (Å²) in [6.07, 6.45) is 7.42. The van der Waals surface area contributed by atoms with E-state index in [4.69, 9.17) is 13.9 Å². The fourth-order valence-corrected chi connectivity index (χ4v) is 4.85. The first-order chi connectivity index (χ1) is 21.5. The van der Waals surface area contributed by atoms with E-state index in [1.165, 1.54) is 13.2 Å². The molecule has 1 aliphatic carbocycles. The molecule has 1 aliphatic rings. The quantitative estimate of drug-likeness (QED) is 0.102. The van der Waals surface area contributed by atoms with Crippen LogP contribution in [-0.4, -0.2) is 55.4 Å². The molecule has 8 heteroatoms. The van der Waals surface area contributed by atoms with E-state index in [1.54, 1.807) is 54.8 Å². The maximum absolute atomic E-state index is 13.2. The van der Waals surface area contributed by atoms with Gasteiger partial charge in [0.25, 0.3) is 0 Å². The van der Waals surface area contributed by atoms with Crippen molar-refractivity contribution in [3.05, 3.63) is 126 Å². The van der Waals surface area contributed by atoms with Crippen LogP contribution in [0.2, 0.25) is 0 Å². The summed E-state index contributed by atoms with van der Waals surface area (Å²) in [6, 6.07) is 26.5. The minimum Gasteiger partial charge on any atom is -0.492 e. The molecule has 1 amide bonds. The second kappa shape index (κ2) is 14.9. The molecule has 1 N–H and O–H groups in total. The number of nitrogens with zero attached hydrogens (tertiary/aromatic N) is 1. The lowest BCUT2D eigenvalue weighted by molar-refractivity contribution is -0.141. The van der Waals surface area contributed by atoms with Crippen molar-refractivity contribution in [2.75, 3.05) is 32.1 Å². The van der Waals surface area contributed by atoms with E-state index >= 15 is 0 Å². The van der Waals surface area contributed by atoms with Crippen LogP contribution in [0.3, 0.4) is 0 Å². The molecule has 3 aromatic carbocycles. The van der Waals surface area contributed by atoms with Crippen LogP contribution in [0.4, 0.5) is 5.69 Å². The summed E-state index contributed by atoms with van der Waals surface area (Å²) in [7, 11) is 1.35. The van der Waals surface area contributed by atoms with E-state index < -0.39 is 12.0 Å². The molecule has 226 valence electrons. The lowest BCUT2D eigenvalue weighted by Gasteiger charge is -2.21. The molecule has 0 spiro atoms. The SMILES string of the molecule is COC(=O)C(Cc1ccc(OCCN(CC2CC2)C(=O)C=Cc2ccco2)cc1)Nc1ccccc1C(=O)c1ccccc1. The van der Waals surface area contributed by atoms with Crippen LogP contribution in [-0.2, 0) is 20.7 Å². The van der Waals surface area contributed by atoms with Crippen molar-refractivity contribution in [3.63, 3.8) is 0 Å². The van der Waals surface area contributed by atoms with Gasteiger partial charge in [-0.1, -0.05) is 54.6 Å². The Morgan fingerprint density at radius 1 is 0.955 bits per heavy atom. The molecule has 0 aliphatic heterocycles. The smallest absolute Gasteiger partial charge is 0.328 e. The molecule has 1 atom stereocenters. The number of ketones is 1. The Morgan fingerprint density at radius 2 is 1.70 bits per heavy atom. The van der Waals surface area contributed by atoms with Crippen molar-refractivity contribution >= 4 is 29.4 Å². The fraction of sp³-hybridized carbons (Fsp3) is 0.250. The number of ether oxygens (including phenoxy) is 2. The zero-order chi connectivity index (χ0) is 30.7. The van der Waals surface area contributed by atoms with E-state index in [2.05, 4.69) is 5.32 Å². The zero-order valence-electron chi connectivity index (χ0n) is 24.7. The largest absolute Gasteiger partial charge is 0.492 e. The highest BCUT2D eigenvalue weighted by atomic mass is 16.5. The predicted octanol–water partition coefficient (Wildman–Crippen LogP) is 6.04. The van der Waals surface area contributed by atoms with Gasteiger partial charge in [0, 0.05) is 35.9 Å². The van der Waals surface area contributed by atoms with Crippen molar-refractivity contribution in [1.29, 1.82) is 0 Å². The van der Waals surface area contributed by atoms with Crippen LogP contribution < -0.4 is 10.1 Å². The molecule has 0 radical (unpaired) electrons. The second-order valence-electron chi connectivity index (χ2n) is 10.7. The molecular formula is C36H36N2O6. The number of anilines is 1. The highest BCUT2D eigenvalue weighted by molar-refractivity contribution is 6.12. The number of carbonyl (C=O) groups is 3. The van der Waals surface area contributed by atoms with Gasteiger partial charge in [0.15, 0.2) is 5.78 Å². The van der Waals surface area contributed by atoms with E-state index in [0.29, 0.717) is 60.4 Å². The first-order valence-corrected chi connectivity index (χ1v) is 14.8. The lowest BCUT2D eigenvalue weighted by atomic mass is 10.00. The molecule has 5 rings (SSSR count). The number of amides is 1. The molecule has 1 unspecified atom stereocenters. The first-order valence-electron chi connectivity index (χ1n) is 14.8. The summed E-state index contributed by atoms with van der Waals surface area (Å²) in [6.45, 7) is 1.53. The van der Waals surface area contributed by atoms with Gasteiger partial charge in [-0.15, -0.1) is 0 Å². The third-order valence-electron chi connectivity index (χ3n) is 7.44. The summed E-state index contributed by atoms with van der Waals surface area (Å²) in [5.74, 6) is 1.21. The molecule has 8 nitrogen and oxygen atoms in total. The van der Waals surface area contributed by atoms with Crippen LogP contribution >= 0.6 is 0 Å². The van der Waals surface area contributed by atoms with Gasteiger partial charge in [-0.3, -0.25) is 9.59 Å². The number of hydrogen-bond acceptors (Lipinski definition) is 7. The van der Waals surface area contributed by atoms with Gasteiger partial charge in [0.1, 0.15) is 24.2 Å². The summed E-state index contributed by atoms with van der Waals surface area (Å²) < 4.78 is 16.3. The Morgan fingerprint density at radius 3 is 2.41 bits per heavy atom. The highest BCUT2D eigenvalue weighted by Crippen LogP contribution is 2.30. The number of para-hydroxylation sites is 1. The Balaban J connectivity index is 1.18. The monoisotopic (exact) mass is 592 g/mol. The summed E-state index contributed by atoms with van der Waals surface area (Å²) >= 11 is 0. The molecular weight excluding hydrogens is 556 g/mol. The van der Waals surface area contributed by atoms with E-state index in [-0.39, 0.29) is 11.7 Å². The van der Waals surface area contributed by atoms with Gasteiger partial charge in [-0.2, -0.15) is 0 Å². The average Bonchev–Trinajstić information content (AvgIpc) is 3.73. The minimum atomic E-state index is -0.715. The molecule has 1 heterocycles. The molecule has 1 fully saturated rings. The first kappa shape index (κ1) is 30.4. The van der Waals surface area contributed by atoms with Crippen LogP contribution in [0.5, 0.6) is 5.75 Å². The third kappa shape index (κ3) is 8.47. The topological polar surface area (TPSA) is 98.1 Å². The number of esters is 1. The third-order valence-corrected chi connectivity index (χ3v) is 7.44. The summed E-state index contributed by atoms with van der Waals surface area (Å²) in [5, 5.41) is 3.23. The summed E-state index contributed by atoms with van der Waals surface area (Å²) in [4.78, 5) is 40.6. The Labute approximate surface area is 257 Å². The van der Waals surface area contributed by atoms with Crippen LogP contribution in [0.25, 0.3) is 6.08 Å². The second-order valence-corrected chi connectivity index (χ2v) is 10.7. The average molecular weight is 593 g/mol. The maximum Gasteiger partial charge on any atom is 0.328 e. The van der Waals surface area contributed by atoms with Crippen molar-refractivity contribution in [3.8, 4) is 5.75 Å². The number of benzene rings is 3. The van der Waals surface area contributed by atoms with Gasteiger partial charge < -0.3 is 24.1 Å². The van der Waals surface area contributed by atoms with Gasteiger partial charge in [0.05, 0.1) is 19.9 Å². The van der Waals surface area contributed by atoms with Gasteiger partial charge in [-0.05, 0) is 66.8 Å². The van der Waals surface area contributed by atoms with Crippen LogP contribution in [0, 0.1) is 5.92 Å². The molecule has 1 saturated carbocycles. The number of furan rings is 1. The minimum absolute atomic E-state index is 0.0689. The lowest BCUT2D eigenvalue weighted by Crippen LogP contribution is -2.35. The van der Waals surface area contributed by atoms with E-state index in [0.717, 1.165) is 18.4 Å². The van der Waals surface area contributed by atoms with Gasteiger partial charge in [-0.25, -0.2) is 4.79 Å². The normalized spacial score (nSPS) is 13.3. The van der Waals surface area contributed by atoms with E-state index in [1.807, 2.05) is 53.4 Å². The number of hydrogen-bond donors (Lipinski definition) is 1. The Hall–Kier alpha value is -5.11. The van der Waals surface area contributed by atoms with Crippen molar-refractivity contribution in [2.45, 2.75) is 25.3 Å². The van der Waals surface area contributed by atoms with Gasteiger partial charge >= 0.3 is 5.97 Å². The molecule has 0 saturated heterocycles. The Bertz CT molecular complexity index is 1560. The number of nitrogens with one attached hydrogen (secondary N) is 1. The van der Waals surface area contributed by atoms with Crippen molar-refractivity contribution in [1.82, 2.24) is 4.90 Å². The van der Waals surface area contributed by atoms with Crippen LogP contribution in [0.1, 0.15) is 40.1 Å². The number of rotatable bonds is 15. The molecule has 44 heavy (non-hydrogen) atoms. The zero-order valence-corrected chi connectivity index (χ0v) is 24.7. The molecule has 0 bridgehead atoms. The Kier molecular flexibility index (Phi) is 10.3. The highest BCUT2D eigenvalue weighted by Gasteiger charge is 2.26. The summed E-state index contributed by atoms with van der Waals surface area (Å²) in [5.41, 5.74) is 2.49. The van der Waals surface area contributed by atoms with E-state index in [9.17, 15) is 14.4 Å². The molecule has 4 aromatic rings. The predicted molar refractivity (Wildman–Crippen MR) is 168 cm³/mol. The van der Waals surface area contributed by atoms with Crippen molar-refractivity contribution < 1.29 is 28.3 Å². The molecule has 1 aromatic heterocycles. The fourth-order valence-electron chi connectivity index (χ4n) is 4.85. The van der Waals surface area contributed by atoms with Crippen molar-refractivity contribution in [2.24, 2.45) is 5.92 Å².